The van der Waals surface area contributed by atoms with E-state index in [0.29, 0.717) is 8.45 Å². The van der Waals surface area contributed by atoms with Crippen LogP contribution in [0.25, 0.3) is 22.3 Å². The molecule has 0 saturated carbocycles. The van der Waals surface area contributed by atoms with Crippen molar-refractivity contribution < 1.29 is 15.3 Å². The van der Waals surface area contributed by atoms with Crippen molar-refractivity contribution in [2.45, 2.75) is 97.0 Å². The molecule has 2 atom stereocenters. The average Bonchev–Trinajstić information content (AvgIpc) is 3.65. The van der Waals surface area contributed by atoms with Crippen LogP contribution in [0, 0.1) is 0 Å². The van der Waals surface area contributed by atoms with Gasteiger partial charge in [-0.05, 0) is 0 Å². The van der Waals surface area contributed by atoms with Crippen molar-refractivity contribution in [1.29, 1.82) is 0 Å². The van der Waals surface area contributed by atoms with Crippen LogP contribution in [-0.2, 0) is 28.1 Å². The van der Waals surface area contributed by atoms with Gasteiger partial charge in [-0.1, -0.05) is 0 Å². The maximum atomic E-state index is 6.76. The fourth-order valence-corrected chi connectivity index (χ4v) is 23.9. The molecule has 2 unspecified atom stereocenters. The van der Waals surface area contributed by atoms with Gasteiger partial charge in [0.2, 0.25) is 0 Å². The van der Waals surface area contributed by atoms with Gasteiger partial charge in [0.1, 0.15) is 0 Å². The molecule has 0 fully saturated rings. The van der Waals surface area contributed by atoms with Gasteiger partial charge in [0.15, 0.2) is 0 Å². The number of hydrogen-bond donors (Lipinski definition) is 0. The summed E-state index contributed by atoms with van der Waals surface area (Å²) >= 11 is 2.54. The molecule has 2 aliphatic rings. The van der Waals surface area contributed by atoms with Gasteiger partial charge in [0.05, 0.1) is 0 Å². The Labute approximate surface area is 295 Å². The fourth-order valence-electron chi connectivity index (χ4n) is 10.2. The van der Waals surface area contributed by atoms with E-state index >= 15 is 0 Å². The van der Waals surface area contributed by atoms with Crippen molar-refractivity contribution in [1.82, 2.24) is 0 Å². The zero-order valence-corrected chi connectivity index (χ0v) is 31.8. The van der Waals surface area contributed by atoms with Crippen LogP contribution in [0.4, 0.5) is 0 Å². The van der Waals surface area contributed by atoms with Crippen LogP contribution >= 0.6 is 11.6 Å². The molecule has 2 aliphatic carbocycles. The van der Waals surface area contributed by atoms with Crippen molar-refractivity contribution >= 4 is 15.5 Å². The second kappa shape index (κ2) is 13.8. The van der Waals surface area contributed by atoms with E-state index in [-0.39, 0.29) is 0 Å². The molecule has 0 heterocycles. The van der Waals surface area contributed by atoms with Crippen molar-refractivity contribution in [3.63, 3.8) is 0 Å². The Kier molecular flexibility index (Phi) is 9.65. The number of halogens is 1. The van der Waals surface area contributed by atoms with Crippen LogP contribution in [0.15, 0.2) is 109 Å². The van der Waals surface area contributed by atoms with Gasteiger partial charge < -0.3 is 0 Å². The van der Waals surface area contributed by atoms with Crippen molar-refractivity contribution in [3.05, 3.63) is 148 Å². The van der Waals surface area contributed by atoms with Gasteiger partial charge in [-0.25, -0.2) is 0 Å². The minimum atomic E-state index is -4.22. The summed E-state index contributed by atoms with van der Waals surface area (Å²) in [6.45, 7) is 7.04. The minimum absolute atomic E-state index is 0.363. The van der Waals surface area contributed by atoms with E-state index in [2.05, 4.69) is 135 Å². The molecule has 48 heavy (non-hydrogen) atoms. The summed E-state index contributed by atoms with van der Waals surface area (Å²) in [6, 6.07) is 42.9. The first-order valence-electron chi connectivity index (χ1n) is 18.8. The van der Waals surface area contributed by atoms with E-state index in [9.17, 15) is 0 Å². The molecule has 0 saturated heterocycles. The molecule has 0 aromatic heterocycles. The Bertz CT molecular complexity index is 1810. The number of benzene rings is 5. The number of aryl methyl sites for hydroxylation is 2. The van der Waals surface area contributed by atoms with Crippen molar-refractivity contribution in [2.75, 3.05) is 0 Å². The van der Waals surface area contributed by atoms with E-state index < -0.39 is 15.3 Å². The molecule has 7 rings (SSSR count). The Hall–Kier alpha value is -2.90. The van der Waals surface area contributed by atoms with Gasteiger partial charge >= 0.3 is 298 Å². The number of rotatable bonds is 13. The van der Waals surface area contributed by atoms with Gasteiger partial charge in [-0.15, -0.1) is 0 Å². The molecule has 5 aromatic rings. The molecule has 0 spiro atoms. The van der Waals surface area contributed by atoms with Crippen LogP contribution in [-0.4, -0.2) is 0 Å². The third-order valence-corrected chi connectivity index (χ3v) is 25.3. The normalized spacial score (nSPS) is 16.9. The average molecular weight is 688 g/mol. The van der Waals surface area contributed by atoms with Gasteiger partial charge in [0.25, 0.3) is 0 Å². The Morgan fingerprint density at radius 3 is 1.44 bits per heavy atom. The van der Waals surface area contributed by atoms with Crippen LogP contribution in [0.1, 0.15) is 108 Å². The molecule has 5 aromatic carbocycles. The predicted molar refractivity (Wildman–Crippen MR) is 206 cm³/mol. The van der Waals surface area contributed by atoms with Crippen molar-refractivity contribution in [3.8, 4) is 22.3 Å². The van der Waals surface area contributed by atoms with Gasteiger partial charge in [-0.2, -0.15) is 0 Å². The second-order valence-corrected chi connectivity index (χ2v) is 26.0. The fraction of sp³-hybridized carbons (Fsp3) is 0.348. The first-order chi connectivity index (χ1) is 23.5. The van der Waals surface area contributed by atoms with Crippen LogP contribution in [0.2, 0.25) is 15.0 Å². The first kappa shape index (κ1) is 33.6. The summed E-state index contributed by atoms with van der Waals surface area (Å²) in [5.74, 6) is 0. The molecule has 0 nitrogen and oxygen atoms in total. The summed E-state index contributed by atoms with van der Waals surface area (Å²) in [5, 5.41) is 3.73. The molecule has 2 heteroatoms. The molecular weight excluding hydrogens is 636 g/mol. The molecule has 0 amide bonds. The SMILES string of the molecule is CCCC[CH2][Ti]([CH3])([c]1ccc(Cl)cc1)([CH]1c2ccccc2-c2cccc(CCCC)c21)[CH]1c2ccccc2-c2cccc(CCCC)c21. The first-order valence-corrected chi connectivity index (χ1v) is 24.4. The summed E-state index contributed by atoms with van der Waals surface area (Å²) in [7, 11) is 0. The van der Waals surface area contributed by atoms with E-state index in [4.69, 9.17) is 11.6 Å². The van der Waals surface area contributed by atoms with Gasteiger partial charge in [0, 0.05) is 0 Å². The van der Waals surface area contributed by atoms with Crippen LogP contribution in [0.3, 0.4) is 0 Å². The monoisotopic (exact) mass is 687 g/mol. The summed E-state index contributed by atoms with van der Waals surface area (Å²) < 4.78 is 3.60. The number of unbranched alkanes of at least 4 members (excludes halogenated alkanes) is 4. The summed E-state index contributed by atoms with van der Waals surface area (Å²) in [6.07, 6.45) is 10.9. The summed E-state index contributed by atoms with van der Waals surface area (Å²) in [4.78, 5) is 0. The Morgan fingerprint density at radius 1 is 0.500 bits per heavy atom. The maximum absolute atomic E-state index is 6.76. The molecule has 0 N–H and O–H groups in total. The third-order valence-electron chi connectivity index (χ3n) is 12.4. The van der Waals surface area contributed by atoms with E-state index in [0.717, 1.165) is 17.9 Å². The Morgan fingerprint density at radius 2 is 0.958 bits per heavy atom. The molecule has 0 bridgehead atoms. The second-order valence-electron chi connectivity index (χ2n) is 15.2. The third kappa shape index (κ3) is 5.30. The molecule has 0 aliphatic heterocycles. The number of fused-ring (bicyclic) bond motifs is 6. The quantitative estimate of drug-likeness (QED) is 0.0854. The van der Waals surface area contributed by atoms with Crippen molar-refractivity contribution in [2.24, 2.45) is 0 Å². The van der Waals surface area contributed by atoms with Gasteiger partial charge in [-0.3, -0.25) is 0 Å². The zero-order chi connectivity index (χ0) is 33.3. The van der Waals surface area contributed by atoms with E-state index in [1.807, 2.05) is 0 Å². The Balaban J connectivity index is 1.65. The molecular formula is C46H52ClTi. The molecule has 247 valence electrons. The van der Waals surface area contributed by atoms with E-state index in [1.165, 1.54) is 71.9 Å². The van der Waals surface area contributed by atoms with Crippen LogP contribution < -0.4 is 3.87 Å². The van der Waals surface area contributed by atoms with Crippen LogP contribution in [0.5, 0.6) is 0 Å². The molecule has 0 radical (unpaired) electrons. The standard InChI is InChI=1S/2C17H17.C6H4Cl.C5H11.CH3.Ti/c2*1-2-3-7-13-9-6-11-16-15-10-5-4-8-14(15)12-17(13)16;7-6-4-2-1-3-5-6;1-3-5-4-2;;/h2*4-6,8-12H,2-3,7H2,1H3;2-5H;1,3-5H2,2H3;1H3;. The topological polar surface area (TPSA) is 0 Å². The predicted octanol–water partition coefficient (Wildman–Crippen LogP) is 13.5. The zero-order valence-electron chi connectivity index (χ0n) is 29.5. The number of hydrogen-bond acceptors (Lipinski definition) is 0. The van der Waals surface area contributed by atoms with E-state index in [1.54, 1.807) is 37.2 Å². The summed E-state index contributed by atoms with van der Waals surface area (Å²) in [5.41, 5.74) is 15.5.